The molecule has 1 aromatic heterocycles. The number of rotatable bonds is 11. The first-order valence-corrected chi connectivity index (χ1v) is 12.5. The molecule has 0 saturated heterocycles. The molecular weight excluding hydrogens is 545 g/mol. The maximum Gasteiger partial charge on any atom is 0.417 e. The first-order chi connectivity index (χ1) is 18.5. The largest absolute Gasteiger partial charge is 0.466 e. The van der Waals surface area contributed by atoms with Gasteiger partial charge in [0, 0.05) is 13.1 Å². The normalized spacial score (nSPS) is 19.6. The zero-order chi connectivity index (χ0) is 28.8. The molecule has 0 bridgehead atoms. The highest BCUT2D eigenvalue weighted by Crippen LogP contribution is 2.50. The lowest BCUT2D eigenvalue weighted by Crippen LogP contribution is -2.58. The first-order valence-electron chi connectivity index (χ1n) is 12.1. The number of halogens is 4. The number of aromatic amines is 1. The number of alkyl halides is 3. The number of carbonyl (C=O) groups excluding carboxylic acids is 2. The van der Waals surface area contributed by atoms with E-state index in [0.29, 0.717) is 0 Å². The summed E-state index contributed by atoms with van der Waals surface area (Å²) >= 11 is 6.32. The second-order valence-electron chi connectivity index (χ2n) is 8.53. The number of nitrogens with one attached hydrogen (secondary N) is 3. The van der Waals surface area contributed by atoms with Crippen molar-refractivity contribution in [3.8, 4) is 0 Å². The SMILES string of the molecule is CCOC(=O)C1(CC)C(c2cccc(C(F)(F)F)c2Cl)=C(C(=O)OC)CNC1COCCNc1n[nH]c(N)n1. The lowest BCUT2D eigenvalue weighted by Gasteiger charge is -2.44. The fraction of sp³-hybridized carbons (Fsp3) is 0.500. The third kappa shape index (κ3) is 6.28. The molecule has 2 atom stereocenters. The highest BCUT2D eigenvalue weighted by atomic mass is 35.5. The van der Waals surface area contributed by atoms with Crippen molar-refractivity contribution in [3.63, 3.8) is 0 Å². The van der Waals surface area contributed by atoms with Crippen molar-refractivity contribution in [1.29, 1.82) is 0 Å². The predicted octanol–water partition coefficient (Wildman–Crippen LogP) is 3.05. The smallest absolute Gasteiger partial charge is 0.417 e. The molecule has 2 unspecified atom stereocenters. The molecule has 0 spiro atoms. The summed E-state index contributed by atoms with van der Waals surface area (Å²) in [5, 5.41) is 11.7. The van der Waals surface area contributed by atoms with Crippen molar-refractivity contribution in [1.82, 2.24) is 20.5 Å². The molecule has 1 aliphatic rings. The quantitative estimate of drug-likeness (QED) is 0.232. The molecule has 0 saturated carbocycles. The number of nitrogens with two attached hydrogens (primary N) is 1. The van der Waals surface area contributed by atoms with Gasteiger partial charge in [-0.1, -0.05) is 30.7 Å². The van der Waals surface area contributed by atoms with E-state index >= 15 is 0 Å². The third-order valence-electron chi connectivity index (χ3n) is 6.39. The number of aromatic nitrogens is 3. The van der Waals surface area contributed by atoms with E-state index in [-0.39, 0.29) is 67.9 Å². The standard InChI is InChI=1S/C24H30ClF3N6O5/c1-4-23(20(36)39-5-2)16(12-38-10-9-30-22-32-21(29)33-34-22)31-11-14(19(35)37-3)17(23)13-7-6-8-15(18(13)25)24(26,27)28/h6-8,16,31H,4-5,9-12H2,1-3H3,(H4,29,30,32,33,34). The minimum absolute atomic E-state index is 0.00492. The molecule has 2 aromatic rings. The van der Waals surface area contributed by atoms with Crippen LogP contribution in [0.4, 0.5) is 25.1 Å². The molecule has 0 radical (unpaired) electrons. The molecule has 2 heterocycles. The number of ether oxygens (including phenoxy) is 3. The van der Waals surface area contributed by atoms with Crippen LogP contribution < -0.4 is 16.4 Å². The lowest BCUT2D eigenvalue weighted by molar-refractivity contribution is -0.155. The van der Waals surface area contributed by atoms with E-state index in [1.807, 2.05) is 0 Å². The first kappa shape index (κ1) is 30.2. The van der Waals surface area contributed by atoms with Crippen LogP contribution in [0.25, 0.3) is 5.57 Å². The molecule has 1 aliphatic heterocycles. The highest BCUT2D eigenvalue weighted by Gasteiger charge is 2.54. The number of nitrogen functional groups attached to an aromatic ring is 1. The van der Waals surface area contributed by atoms with Crippen LogP contribution in [0, 0.1) is 5.41 Å². The van der Waals surface area contributed by atoms with Crippen LogP contribution in [-0.2, 0) is 30.0 Å². The Balaban J connectivity index is 2.05. The average molecular weight is 575 g/mol. The van der Waals surface area contributed by atoms with Gasteiger partial charge >= 0.3 is 18.1 Å². The minimum Gasteiger partial charge on any atom is -0.466 e. The third-order valence-corrected chi connectivity index (χ3v) is 6.79. The Morgan fingerprint density at radius 2 is 2.05 bits per heavy atom. The summed E-state index contributed by atoms with van der Waals surface area (Å²) < 4.78 is 57.5. The average Bonchev–Trinajstić information content (AvgIpc) is 3.32. The van der Waals surface area contributed by atoms with Crippen molar-refractivity contribution in [2.24, 2.45) is 5.41 Å². The number of nitrogens with zero attached hydrogens (tertiary/aromatic N) is 2. The number of carbonyl (C=O) groups is 2. The van der Waals surface area contributed by atoms with Gasteiger partial charge in [-0.3, -0.25) is 4.79 Å². The Labute approximate surface area is 227 Å². The van der Waals surface area contributed by atoms with Crippen molar-refractivity contribution >= 4 is 41.0 Å². The zero-order valence-corrected chi connectivity index (χ0v) is 22.3. The number of H-pyrrole nitrogens is 1. The molecule has 0 amide bonds. The summed E-state index contributed by atoms with van der Waals surface area (Å²) in [5.74, 6) is -1.15. The lowest BCUT2D eigenvalue weighted by atomic mass is 9.65. The minimum atomic E-state index is -4.77. The molecular formula is C24H30ClF3N6O5. The van der Waals surface area contributed by atoms with Crippen molar-refractivity contribution in [2.45, 2.75) is 32.5 Å². The Morgan fingerprint density at radius 1 is 1.31 bits per heavy atom. The Hall–Kier alpha value is -3.36. The van der Waals surface area contributed by atoms with E-state index in [9.17, 15) is 22.8 Å². The number of methoxy groups -OCH3 is 1. The molecule has 39 heavy (non-hydrogen) atoms. The molecule has 1 aromatic carbocycles. The van der Waals surface area contributed by atoms with Crippen LogP contribution in [0.1, 0.15) is 31.4 Å². The summed E-state index contributed by atoms with van der Waals surface area (Å²) in [5.41, 5.74) is 2.61. The van der Waals surface area contributed by atoms with Gasteiger partial charge < -0.3 is 30.6 Å². The van der Waals surface area contributed by atoms with Gasteiger partial charge in [-0.05, 0) is 30.5 Å². The predicted molar refractivity (Wildman–Crippen MR) is 137 cm³/mol. The summed E-state index contributed by atoms with van der Waals surface area (Å²) in [6.07, 6.45) is -4.72. The Kier molecular flexibility index (Phi) is 9.80. The van der Waals surface area contributed by atoms with Crippen LogP contribution in [-0.4, -0.2) is 73.2 Å². The maximum absolute atomic E-state index is 13.8. The summed E-state index contributed by atoms with van der Waals surface area (Å²) in [7, 11) is 1.14. The molecule has 11 nitrogen and oxygen atoms in total. The monoisotopic (exact) mass is 574 g/mol. The number of esters is 2. The van der Waals surface area contributed by atoms with Gasteiger partial charge in [0.05, 0.1) is 49.1 Å². The summed E-state index contributed by atoms with van der Waals surface area (Å²) in [6, 6.07) is 2.55. The second kappa shape index (κ2) is 12.7. The van der Waals surface area contributed by atoms with E-state index < -0.39 is 40.2 Å². The van der Waals surface area contributed by atoms with Crippen LogP contribution in [0.2, 0.25) is 5.02 Å². The number of anilines is 2. The van der Waals surface area contributed by atoms with Gasteiger partial charge in [-0.2, -0.15) is 18.2 Å². The van der Waals surface area contributed by atoms with Crippen LogP contribution >= 0.6 is 11.6 Å². The zero-order valence-electron chi connectivity index (χ0n) is 21.6. The van der Waals surface area contributed by atoms with Crippen molar-refractivity contribution in [3.05, 3.63) is 39.9 Å². The summed E-state index contributed by atoms with van der Waals surface area (Å²) in [6.45, 7) is 3.54. The van der Waals surface area contributed by atoms with Crippen LogP contribution in [0.5, 0.6) is 0 Å². The van der Waals surface area contributed by atoms with Crippen LogP contribution in [0.15, 0.2) is 23.8 Å². The maximum atomic E-state index is 13.8. The molecule has 3 rings (SSSR count). The Morgan fingerprint density at radius 3 is 2.64 bits per heavy atom. The van der Waals surface area contributed by atoms with Gasteiger partial charge in [0.2, 0.25) is 11.9 Å². The van der Waals surface area contributed by atoms with Gasteiger partial charge in [-0.25, -0.2) is 9.89 Å². The molecule has 0 aliphatic carbocycles. The van der Waals surface area contributed by atoms with E-state index in [2.05, 4.69) is 25.8 Å². The molecule has 214 valence electrons. The number of hydrogen-bond acceptors (Lipinski definition) is 10. The van der Waals surface area contributed by atoms with Crippen molar-refractivity contribution < 1.29 is 37.0 Å². The highest BCUT2D eigenvalue weighted by molar-refractivity contribution is 6.33. The summed E-state index contributed by atoms with van der Waals surface area (Å²) in [4.78, 5) is 30.4. The molecule has 5 N–H and O–H groups in total. The number of hydrogen-bond donors (Lipinski definition) is 4. The van der Waals surface area contributed by atoms with Gasteiger partial charge in [-0.15, -0.1) is 5.10 Å². The van der Waals surface area contributed by atoms with Gasteiger partial charge in [0.25, 0.3) is 0 Å². The van der Waals surface area contributed by atoms with E-state index in [4.69, 9.17) is 31.5 Å². The van der Waals surface area contributed by atoms with Gasteiger partial charge in [0.1, 0.15) is 5.41 Å². The van der Waals surface area contributed by atoms with Crippen molar-refractivity contribution in [2.75, 3.05) is 51.1 Å². The van der Waals surface area contributed by atoms with E-state index in [1.54, 1.807) is 13.8 Å². The second-order valence-corrected chi connectivity index (χ2v) is 8.91. The molecule has 15 heteroatoms. The van der Waals surface area contributed by atoms with E-state index in [0.717, 1.165) is 13.2 Å². The topological polar surface area (TPSA) is 153 Å². The fourth-order valence-corrected chi connectivity index (χ4v) is 4.97. The fourth-order valence-electron chi connectivity index (χ4n) is 4.64. The van der Waals surface area contributed by atoms with Crippen LogP contribution in [0.3, 0.4) is 0 Å². The molecule has 0 fully saturated rings. The van der Waals surface area contributed by atoms with Gasteiger partial charge in [0.15, 0.2) is 0 Å². The van der Waals surface area contributed by atoms with E-state index in [1.165, 1.54) is 12.1 Å². The number of benzene rings is 1. The Bertz CT molecular complexity index is 1220.